The number of amides is 2. The Morgan fingerprint density at radius 1 is 1.18 bits per heavy atom. The van der Waals surface area contributed by atoms with Crippen LogP contribution in [-0.2, 0) is 23.9 Å². The van der Waals surface area contributed by atoms with E-state index in [0.717, 1.165) is 11.3 Å². The summed E-state index contributed by atoms with van der Waals surface area (Å²) in [6, 6.07) is 5.78. The molecular weight excluding hydrogens is 448 g/mol. The van der Waals surface area contributed by atoms with Gasteiger partial charge < -0.3 is 14.6 Å². The largest absolute Gasteiger partial charge is 0.480 e. The van der Waals surface area contributed by atoms with Gasteiger partial charge in [-0.25, -0.2) is 4.79 Å². The molecule has 4 unspecified atom stereocenters. The summed E-state index contributed by atoms with van der Waals surface area (Å²) in [4.78, 5) is 52.3. The van der Waals surface area contributed by atoms with E-state index in [1.165, 1.54) is 18.9 Å². The third kappa shape index (κ3) is 4.64. The van der Waals surface area contributed by atoms with Crippen LogP contribution in [0.3, 0.4) is 0 Å². The summed E-state index contributed by atoms with van der Waals surface area (Å²) in [5.41, 5.74) is -0.591. The van der Waals surface area contributed by atoms with E-state index >= 15 is 0 Å². The van der Waals surface area contributed by atoms with Crippen LogP contribution in [0.1, 0.15) is 41.7 Å². The minimum atomic E-state index is -1.56. The zero-order valence-corrected chi connectivity index (χ0v) is 19.9. The molecule has 3 rings (SSSR count). The molecule has 2 aliphatic heterocycles. The molecule has 2 saturated heterocycles. The number of imide groups is 1. The first-order chi connectivity index (χ1) is 15.8. The van der Waals surface area contributed by atoms with Crippen LogP contribution >= 0.6 is 11.8 Å². The summed E-state index contributed by atoms with van der Waals surface area (Å²) < 4.78 is 10.2. The number of carbonyl (C=O) groups is 4. The number of aliphatic carboxylic acids is 1. The highest BCUT2D eigenvalue weighted by Gasteiger charge is 2.68. The maximum absolute atomic E-state index is 13.4. The number of ether oxygens (including phenoxy) is 2. The van der Waals surface area contributed by atoms with Crippen molar-refractivity contribution in [3.05, 3.63) is 35.4 Å². The van der Waals surface area contributed by atoms with Crippen LogP contribution in [0.15, 0.2) is 24.3 Å². The molecule has 2 fully saturated rings. The lowest BCUT2D eigenvalue weighted by Gasteiger charge is -2.31. The molecule has 180 valence electrons. The van der Waals surface area contributed by atoms with Crippen molar-refractivity contribution < 1.29 is 33.8 Å². The first-order valence-electron chi connectivity index (χ1n) is 10.9. The Kier molecular flexibility index (Phi) is 8.14. The highest BCUT2D eigenvalue weighted by molar-refractivity contribution is 7.98. The standard InChI is InChI=1S/C23H30N2O7S/c1-4-11-32-12-10-25-19(26)16-17(20(25)27)23(22(29)30,9-13-33-3)24-18(16)14-5-7-15(8-6-14)21(28)31-2/h5-8,16-18,24H,4,9-13H2,1-3H3,(H,29,30). The summed E-state index contributed by atoms with van der Waals surface area (Å²) >= 11 is 1.48. The maximum Gasteiger partial charge on any atom is 0.337 e. The zero-order valence-electron chi connectivity index (χ0n) is 19.0. The molecule has 0 saturated carbocycles. The number of nitrogens with zero attached hydrogens (tertiary/aromatic N) is 1. The monoisotopic (exact) mass is 478 g/mol. The molecular formula is C23H30N2O7S. The van der Waals surface area contributed by atoms with E-state index in [1.807, 2.05) is 13.2 Å². The molecule has 0 aliphatic carbocycles. The number of likely N-dealkylation sites (tertiary alicyclic amines) is 1. The van der Waals surface area contributed by atoms with Crippen LogP contribution in [0.5, 0.6) is 0 Å². The summed E-state index contributed by atoms with van der Waals surface area (Å²) in [5, 5.41) is 13.4. The Bertz CT molecular complexity index is 907. The minimum absolute atomic E-state index is 0.0941. The highest BCUT2D eigenvalue weighted by atomic mass is 32.2. The van der Waals surface area contributed by atoms with Gasteiger partial charge in [0.1, 0.15) is 5.54 Å². The van der Waals surface area contributed by atoms with E-state index in [0.29, 0.717) is 23.5 Å². The molecule has 0 spiro atoms. The van der Waals surface area contributed by atoms with Crippen molar-refractivity contribution in [1.82, 2.24) is 10.2 Å². The van der Waals surface area contributed by atoms with Crippen molar-refractivity contribution in [2.45, 2.75) is 31.3 Å². The SMILES string of the molecule is CCCOCCN1C(=O)C2C(c3ccc(C(=O)OC)cc3)NC(CCSC)(C(=O)O)C2C1=O. The Labute approximate surface area is 197 Å². The van der Waals surface area contributed by atoms with Gasteiger partial charge in [-0.1, -0.05) is 19.1 Å². The number of rotatable bonds is 11. The number of carboxylic acid groups (broad SMARTS) is 1. The Morgan fingerprint density at radius 3 is 2.45 bits per heavy atom. The normalized spacial score (nSPS) is 26.5. The number of thioether (sulfide) groups is 1. The fraction of sp³-hybridized carbons (Fsp3) is 0.565. The van der Waals surface area contributed by atoms with Gasteiger partial charge in [0, 0.05) is 12.6 Å². The van der Waals surface area contributed by atoms with Crippen molar-refractivity contribution in [1.29, 1.82) is 0 Å². The molecule has 1 aromatic rings. The second-order valence-electron chi connectivity index (χ2n) is 8.20. The number of nitrogens with one attached hydrogen (secondary N) is 1. The fourth-order valence-electron chi connectivity index (χ4n) is 4.71. The van der Waals surface area contributed by atoms with Crippen LogP contribution in [0.2, 0.25) is 0 Å². The molecule has 10 heteroatoms. The molecule has 0 bridgehead atoms. The average Bonchev–Trinajstić information content (AvgIpc) is 3.29. The number of carbonyl (C=O) groups excluding carboxylic acids is 3. The molecule has 4 atom stereocenters. The number of hydrogen-bond donors (Lipinski definition) is 2. The number of hydrogen-bond acceptors (Lipinski definition) is 8. The van der Waals surface area contributed by atoms with Crippen molar-refractivity contribution in [2.24, 2.45) is 11.8 Å². The molecule has 1 aromatic carbocycles. The summed E-state index contributed by atoms with van der Waals surface area (Å²) in [5.74, 6) is -3.88. The summed E-state index contributed by atoms with van der Waals surface area (Å²) in [6.07, 6.45) is 2.88. The third-order valence-electron chi connectivity index (χ3n) is 6.33. The maximum atomic E-state index is 13.4. The Balaban J connectivity index is 1.98. The Morgan fingerprint density at radius 2 is 1.88 bits per heavy atom. The predicted molar refractivity (Wildman–Crippen MR) is 122 cm³/mol. The smallest absolute Gasteiger partial charge is 0.337 e. The van der Waals surface area contributed by atoms with Gasteiger partial charge in [-0.15, -0.1) is 0 Å². The van der Waals surface area contributed by atoms with Crippen molar-refractivity contribution in [3.63, 3.8) is 0 Å². The van der Waals surface area contributed by atoms with E-state index in [9.17, 15) is 24.3 Å². The topological polar surface area (TPSA) is 122 Å². The van der Waals surface area contributed by atoms with Crippen molar-refractivity contribution in [2.75, 3.05) is 38.9 Å². The van der Waals surface area contributed by atoms with E-state index in [2.05, 4.69) is 5.32 Å². The lowest BCUT2D eigenvalue weighted by Crippen LogP contribution is -2.56. The molecule has 0 aromatic heterocycles. The van der Waals surface area contributed by atoms with E-state index in [1.54, 1.807) is 24.3 Å². The van der Waals surface area contributed by atoms with E-state index < -0.39 is 47.2 Å². The van der Waals surface area contributed by atoms with Gasteiger partial charge in [-0.2, -0.15) is 11.8 Å². The molecule has 9 nitrogen and oxygen atoms in total. The molecule has 2 heterocycles. The van der Waals surface area contributed by atoms with Crippen molar-refractivity contribution >= 4 is 35.5 Å². The molecule has 2 aliphatic rings. The number of benzene rings is 1. The zero-order chi connectivity index (χ0) is 24.2. The number of esters is 1. The second kappa shape index (κ2) is 10.7. The van der Waals surface area contributed by atoms with Crippen LogP contribution in [-0.4, -0.2) is 78.2 Å². The third-order valence-corrected chi connectivity index (χ3v) is 6.94. The van der Waals surface area contributed by atoms with Gasteiger partial charge in [-0.3, -0.25) is 24.6 Å². The lowest BCUT2D eigenvalue weighted by atomic mass is 9.78. The predicted octanol–water partition coefficient (Wildman–Crippen LogP) is 1.72. The van der Waals surface area contributed by atoms with Gasteiger partial charge in [-0.05, 0) is 42.5 Å². The van der Waals surface area contributed by atoms with Gasteiger partial charge in [0.05, 0.1) is 37.7 Å². The average molecular weight is 479 g/mol. The van der Waals surface area contributed by atoms with Gasteiger partial charge >= 0.3 is 11.9 Å². The highest BCUT2D eigenvalue weighted by Crippen LogP contribution is 2.50. The van der Waals surface area contributed by atoms with Crippen LogP contribution in [0.4, 0.5) is 0 Å². The van der Waals surface area contributed by atoms with Crippen molar-refractivity contribution in [3.8, 4) is 0 Å². The van der Waals surface area contributed by atoms with Gasteiger partial charge in [0.15, 0.2) is 0 Å². The first kappa shape index (κ1) is 25.2. The van der Waals surface area contributed by atoms with E-state index in [-0.39, 0.29) is 19.6 Å². The molecule has 2 amide bonds. The minimum Gasteiger partial charge on any atom is -0.480 e. The first-order valence-corrected chi connectivity index (χ1v) is 12.3. The number of methoxy groups -OCH3 is 1. The lowest BCUT2D eigenvalue weighted by molar-refractivity contribution is -0.151. The quantitative estimate of drug-likeness (QED) is 0.278. The second-order valence-corrected chi connectivity index (χ2v) is 9.18. The molecule has 33 heavy (non-hydrogen) atoms. The fourth-order valence-corrected chi connectivity index (χ4v) is 5.24. The number of carboxylic acids is 1. The number of fused-ring (bicyclic) bond motifs is 1. The Hall–Kier alpha value is -2.43. The van der Waals surface area contributed by atoms with Crippen LogP contribution in [0, 0.1) is 11.8 Å². The van der Waals surface area contributed by atoms with Crippen LogP contribution < -0.4 is 5.32 Å². The summed E-state index contributed by atoms with van der Waals surface area (Å²) in [6.45, 7) is 2.79. The summed E-state index contributed by atoms with van der Waals surface area (Å²) in [7, 11) is 1.29. The van der Waals surface area contributed by atoms with Gasteiger partial charge in [0.2, 0.25) is 11.8 Å². The van der Waals surface area contributed by atoms with Gasteiger partial charge in [0.25, 0.3) is 0 Å². The molecule has 2 N–H and O–H groups in total. The molecule has 0 radical (unpaired) electrons. The van der Waals surface area contributed by atoms with Crippen LogP contribution in [0.25, 0.3) is 0 Å². The van der Waals surface area contributed by atoms with E-state index in [4.69, 9.17) is 9.47 Å².